The highest BCUT2D eigenvalue weighted by Crippen LogP contribution is 2.37. The number of nitro groups is 1. The number of benzene rings is 1. The van der Waals surface area contributed by atoms with Crippen molar-refractivity contribution in [2.75, 3.05) is 18.5 Å². The number of nitro benzene ring substituents is 1. The van der Waals surface area contributed by atoms with Crippen molar-refractivity contribution in [3.63, 3.8) is 0 Å². The molecular formula is C14H17N5O2. The molecule has 7 heteroatoms. The highest BCUT2D eigenvalue weighted by Gasteiger charge is 2.34. The normalized spacial score (nSPS) is 15.9. The van der Waals surface area contributed by atoms with E-state index in [0.717, 1.165) is 0 Å². The second-order valence-corrected chi connectivity index (χ2v) is 5.41. The number of anilines is 1. The van der Waals surface area contributed by atoms with Gasteiger partial charge in [-0.25, -0.2) is 9.97 Å². The van der Waals surface area contributed by atoms with E-state index >= 15 is 0 Å². The van der Waals surface area contributed by atoms with Crippen LogP contribution in [0.1, 0.15) is 12.8 Å². The van der Waals surface area contributed by atoms with Crippen LogP contribution in [-0.4, -0.2) is 34.5 Å². The zero-order valence-corrected chi connectivity index (χ0v) is 11.8. The van der Waals surface area contributed by atoms with Gasteiger partial charge in [-0.05, 0) is 24.8 Å². The van der Waals surface area contributed by atoms with E-state index in [1.807, 2.05) is 11.9 Å². The molecule has 0 saturated heterocycles. The minimum Gasteiger partial charge on any atom is -0.355 e. The van der Waals surface area contributed by atoms with E-state index in [1.165, 1.54) is 31.3 Å². The molecule has 1 aromatic carbocycles. The summed E-state index contributed by atoms with van der Waals surface area (Å²) in [5, 5.41) is 11.7. The Morgan fingerprint density at radius 3 is 2.86 bits per heavy atom. The zero-order valence-electron chi connectivity index (χ0n) is 11.8. The molecule has 0 spiro atoms. The second kappa shape index (κ2) is 5.25. The highest BCUT2D eigenvalue weighted by atomic mass is 16.6. The largest absolute Gasteiger partial charge is 0.355 e. The van der Waals surface area contributed by atoms with Gasteiger partial charge < -0.3 is 10.6 Å². The van der Waals surface area contributed by atoms with Gasteiger partial charge in [0.05, 0.1) is 10.4 Å². The van der Waals surface area contributed by atoms with E-state index in [9.17, 15) is 10.1 Å². The number of hydrogen-bond donors (Lipinski definition) is 1. The van der Waals surface area contributed by atoms with E-state index < -0.39 is 4.92 Å². The molecule has 1 aromatic heterocycles. The second-order valence-electron chi connectivity index (χ2n) is 5.41. The highest BCUT2D eigenvalue weighted by molar-refractivity contribution is 5.91. The van der Waals surface area contributed by atoms with E-state index in [1.54, 1.807) is 6.07 Å². The minimum atomic E-state index is -0.405. The van der Waals surface area contributed by atoms with Crippen LogP contribution in [0, 0.1) is 16.0 Å². The minimum absolute atomic E-state index is 0.0441. The van der Waals surface area contributed by atoms with Gasteiger partial charge in [0.1, 0.15) is 12.1 Å². The molecular weight excluding hydrogens is 270 g/mol. The zero-order chi connectivity index (χ0) is 15.0. The predicted molar refractivity (Wildman–Crippen MR) is 80.2 cm³/mol. The molecule has 0 aliphatic heterocycles. The van der Waals surface area contributed by atoms with Crippen LogP contribution in [0.5, 0.6) is 0 Å². The van der Waals surface area contributed by atoms with Gasteiger partial charge in [-0.15, -0.1) is 0 Å². The lowest BCUT2D eigenvalue weighted by Crippen LogP contribution is -2.40. The first kappa shape index (κ1) is 13.7. The molecule has 1 unspecified atom stereocenters. The number of rotatable bonds is 5. The summed E-state index contributed by atoms with van der Waals surface area (Å²) in [6.07, 6.45) is 3.84. The lowest BCUT2D eigenvalue weighted by molar-refractivity contribution is -0.384. The number of aromatic nitrogens is 2. The Labute approximate surface area is 121 Å². The third-order valence-corrected chi connectivity index (χ3v) is 4.05. The molecule has 0 amide bonds. The third kappa shape index (κ3) is 2.52. The van der Waals surface area contributed by atoms with Gasteiger partial charge in [0.15, 0.2) is 0 Å². The molecule has 7 nitrogen and oxygen atoms in total. The number of likely N-dealkylation sites (N-methyl/N-ethyl adjacent to an activating group) is 1. The molecule has 3 rings (SSSR count). The van der Waals surface area contributed by atoms with Crippen LogP contribution in [0.2, 0.25) is 0 Å². The Kier molecular flexibility index (Phi) is 3.42. The summed E-state index contributed by atoms with van der Waals surface area (Å²) < 4.78 is 0. The molecule has 2 aromatic rings. The lowest BCUT2D eigenvalue weighted by atomic mass is 10.1. The fraction of sp³-hybridized carbons (Fsp3) is 0.429. The molecule has 1 aliphatic rings. The van der Waals surface area contributed by atoms with Gasteiger partial charge in [0.2, 0.25) is 0 Å². The summed E-state index contributed by atoms with van der Waals surface area (Å²) in [6.45, 7) is 0.543. The topological polar surface area (TPSA) is 98.2 Å². The molecule has 1 aliphatic carbocycles. The van der Waals surface area contributed by atoms with Crippen molar-refractivity contribution >= 4 is 22.4 Å². The van der Waals surface area contributed by atoms with E-state index in [2.05, 4.69) is 9.97 Å². The summed E-state index contributed by atoms with van der Waals surface area (Å²) in [5.74, 6) is 1.29. The molecule has 110 valence electrons. The smallest absolute Gasteiger partial charge is 0.270 e. The molecule has 1 atom stereocenters. The summed E-state index contributed by atoms with van der Waals surface area (Å²) in [4.78, 5) is 21.1. The standard InChI is InChI=1S/C14H17N5O2/c1-18(13(7-15)9-2-3-9)14-11-6-10(19(20)21)4-5-12(11)16-8-17-14/h4-6,8-9,13H,2-3,7,15H2,1H3. The molecule has 1 saturated carbocycles. The number of fused-ring (bicyclic) bond motifs is 1. The summed E-state index contributed by atoms with van der Waals surface area (Å²) in [7, 11) is 1.94. The van der Waals surface area contributed by atoms with E-state index in [4.69, 9.17) is 5.73 Å². The fourth-order valence-electron chi connectivity index (χ4n) is 2.73. The van der Waals surface area contributed by atoms with Crippen LogP contribution < -0.4 is 10.6 Å². The average molecular weight is 287 g/mol. The molecule has 2 N–H and O–H groups in total. The first-order valence-electron chi connectivity index (χ1n) is 6.94. The van der Waals surface area contributed by atoms with Crippen molar-refractivity contribution in [3.8, 4) is 0 Å². The van der Waals surface area contributed by atoms with Crippen LogP contribution in [0.3, 0.4) is 0 Å². The average Bonchev–Trinajstić information content (AvgIpc) is 3.31. The molecule has 0 radical (unpaired) electrons. The number of non-ortho nitro benzene ring substituents is 1. The van der Waals surface area contributed by atoms with Crippen LogP contribution in [0.25, 0.3) is 10.9 Å². The Morgan fingerprint density at radius 2 is 2.24 bits per heavy atom. The van der Waals surface area contributed by atoms with Gasteiger partial charge in [-0.1, -0.05) is 0 Å². The number of nitrogens with zero attached hydrogens (tertiary/aromatic N) is 4. The first-order valence-corrected chi connectivity index (χ1v) is 6.94. The van der Waals surface area contributed by atoms with Crippen LogP contribution in [-0.2, 0) is 0 Å². The van der Waals surface area contributed by atoms with Gasteiger partial charge in [0, 0.05) is 37.2 Å². The first-order chi connectivity index (χ1) is 10.1. The van der Waals surface area contributed by atoms with Crippen molar-refractivity contribution in [2.24, 2.45) is 11.7 Å². The Morgan fingerprint density at radius 1 is 1.48 bits per heavy atom. The SMILES string of the molecule is CN(c1ncnc2ccc([N+](=O)[O-])cc12)C(CN)C1CC1. The van der Waals surface area contributed by atoms with Crippen LogP contribution >= 0.6 is 0 Å². The fourth-order valence-corrected chi connectivity index (χ4v) is 2.73. The van der Waals surface area contributed by atoms with Gasteiger partial charge >= 0.3 is 0 Å². The van der Waals surface area contributed by atoms with Crippen molar-refractivity contribution in [3.05, 3.63) is 34.6 Å². The van der Waals surface area contributed by atoms with Crippen molar-refractivity contribution < 1.29 is 4.92 Å². The monoisotopic (exact) mass is 287 g/mol. The van der Waals surface area contributed by atoms with Gasteiger partial charge in [-0.2, -0.15) is 0 Å². The van der Waals surface area contributed by atoms with Crippen LogP contribution in [0.15, 0.2) is 24.5 Å². The van der Waals surface area contributed by atoms with Crippen molar-refractivity contribution in [2.45, 2.75) is 18.9 Å². The maximum absolute atomic E-state index is 11.0. The Balaban J connectivity index is 2.07. The number of nitrogens with two attached hydrogens (primary N) is 1. The van der Waals surface area contributed by atoms with Crippen molar-refractivity contribution in [1.82, 2.24) is 9.97 Å². The van der Waals surface area contributed by atoms with Crippen molar-refractivity contribution in [1.29, 1.82) is 0 Å². The van der Waals surface area contributed by atoms with E-state index in [-0.39, 0.29) is 11.7 Å². The Hall–Kier alpha value is -2.28. The Bertz CT molecular complexity index is 686. The molecule has 21 heavy (non-hydrogen) atoms. The summed E-state index contributed by atoms with van der Waals surface area (Å²) >= 11 is 0. The predicted octanol–water partition coefficient (Wildman–Crippen LogP) is 1.71. The summed E-state index contributed by atoms with van der Waals surface area (Å²) in [6, 6.07) is 4.85. The number of hydrogen-bond acceptors (Lipinski definition) is 6. The molecule has 1 fully saturated rings. The quantitative estimate of drug-likeness (QED) is 0.664. The van der Waals surface area contributed by atoms with Gasteiger partial charge in [0.25, 0.3) is 5.69 Å². The van der Waals surface area contributed by atoms with E-state index in [0.29, 0.717) is 29.2 Å². The van der Waals surface area contributed by atoms with Gasteiger partial charge in [-0.3, -0.25) is 10.1 Å². The summed E-state index contributed by atoms with van der Waals surface area (Å²) in [5.41, 5.74) is 6.62. The molecule has 1 heterocycles. The third-order valence-electron chi connectivity index (χ3n) is 4.05. The maximum atomic E-state index is 11.0. The van der Waals surface area contributed by atoms with Crippen LogP contribution in [0.4, 0.5) is 11.5 Å². The lowest BCUT2D eigenvalue weighted by Gasteiger charge is -2.28. The maximum Gasteiger partial charge on any atom is 0.270 e. The molecule has 0 bridgehead atoms.